The Bertz CT molecular complexity index is 285. The molecule has 0 spiro atoms. The second kappa shape index (κ2) is 6.18. The van der Waals surface area contributed by atoms with Crippen LogP contribution in [0.2, 0.25) is 0 Å². The predicted octanol–water partition coefficient (Wildman–Crippen LogP) is 2.29. The first-order valence-corrected chi connectivity index (χ1v) is 6.38. The molecule has 0 aliphatic carbocycles. The maximum absolute atomic E-state index is 4.30. The molecular formula is C11H21N3S. The lowest BCUT2D eigenvalue weighted by atomic mass is 10.2. The zero-order valence-electron chi connectivity index (χ0n) is 10.0. The van der Waals surface area contributed by atoms with Crippen LogP contribution in [0.5, 0.6) is 0 Å². The lowest BCUT2D eigenvalue weighted by Crippen LogP contribution is -2.30. The van der Waals surface area contributed by atoms with Crippen LogP contribution < -0.4 is 5.32 Å². The van der Waals surface area contributed by atoms with E-state index in [0.717, 1.165) is 11.7 Å². The van der Waals surface area contributed by atoms with Crippen LogP contribution in [0.1, 0.15) is 27.2 Å². The van der Waals surface area contributed by atoms with Gasteiger partial charge in [-0.3, -0.25) is 0 Å². The smallest absolute Gasteiger partial charge is 0.167 e. The minimum atomic E-state index is 0.556. The topological polar surface area (TPSA) is 29.9 Å². The van der Waals surface area contributed by atoms with E-state index in [4.69, 9.17) is 0 Å². The monoisotopic (exact) mass is 227 g/mol. The molecule has 3 nitrogen and oxygen atoms in total. The zero-order valence-corrected chi connectivity index (χ0v) is 10.8. The molecule has 0 bridgehead atoms. The van der Waals surface area contributed by atoms with Crippen LogP contribution in [0.3, 0.4) is 0 Å². The Hall–Kier alpha value is -0.480. The number of aryl methyl sites for hydroxylation is 1. The molecule has 4 heteroatoms. The van der Waals surface area contributed by atoms with Crippen LogP contribution >= 0.6 is 11.8 Å². The Kier molecular flexibility index (Phi) is 5.19. The highest BCUT2D eigenvalue weighted by Gasteiger charge is 2.08. The molecule has 1 heterocycles. The fourth-order valence-corrected chi connectivity index (χ4v) is 2.09. The van der Waals surface area contributed by atoms with Gasteiger partial charge < -0.3 is 9.88 Å². The van der Waals surface area contributed by atoms with E-state index in [-0.39, 0.29) is 0 Å². The van der Waals surface area contributed by atoms with Crippen molar-refractivity contribution in [3.8, 4) is 0 Å². The molecule has 2 atom stereocenters. The number of imidazole rings is 1. The van der Waals surface area contributed by atoms with Crippen molar-refractivity contribution in [2.45, 2.75) is 43.6 Å². The number of thioether (sulfide) groups is 1. The second-order valence-electron chi connectivity index (χ2n) is 3.97. The molecule has 1 rings (SSSR count). The molecule has 0 amide bonds. The molecule has 0 fully saturated rings. The number of hydrogen-bond donors (Lipinski definition) is 1. The first-order valence-electron chi connectivity index (χ1n) is 5.50. The predicted molar refractivity (Wildman–Crippen MR) is 66.3 cm³/mol. The van der Waals surface area contributed by atoms with Crippen LogP contribution in [0.4, 0.5) is 0 Å². The Labute approximate surface area is 96.7 Å². The standard InChI is InChI=1S/C11H21N3S/c1-5-9(2)13-8-10(3)15-11-12-6-7-14(11)4/h6-7,9-10,13H,5,8H2,1-4H3. The van der Waals surface area contributed by atoms with Gasteiger partial charge in [0, 0.05) is 37.3 Å². The highest BCUT2D eigenvalue weighted by Crippen LogP contribution is 2.19. The first kappa shape index (κ1) is 12.6. The van der Waals surface area contributed by atoms with Crippen LogP contribution in [-0.2, 0) is 7.05 Å². The van der Waals surface area contributed by atoms with Crippen LogP contribution in [0.15, 0.2) is 17.6 Å². The molecule has 15 heavy (non-hydrogen) atoms. The van der Waals surface area contributed by atoms with E-state index >= 15 is 0 Å². The third-order valence-corrected chi connectivity index (χ3v) is 3.62. The average Bonchev–Trinajstić information content (AvgIpc) is 2.61. The molecule has 0 radical (unpaired) electrons. The number of rotatable bonds is 6. The van der Waals surface area contributed by atoms with Crippen molar-refractivity contribution in [3.63, 3.8) is 0 Å². The summed E-state index contributed by atoms with van der Waals surface area (Å²) in [5.74, 6) is 0. The number of nitrogens with one attached hydrogen (secondary N) is 1. The maximum Gasteiger partial charge on any atom is 0.167 e. The normalized spacial score (nSPS) is 15.2. The van der Waals surface area contributed by atoms with Crippen LogP contribution in [0.25, 0.3) is 0 Å². The third-order valence-electron chi connectivity index (χ3n) is 2.45. The molecule has 1 aromatic rings. The number of hydrogen-bond acceptors (Lipinski definition) is 3. The van der Waals surface area contributed by atoms with E-state index in [0.29, 0.717) is 11.3 Å². The van der Waals surface area contributed by atoms with E-state index < -0.39 is 0 Å². The third kappa shape index (κ3) is 4.26. The summed E-state index contributed by atoms with van der Waals surface area (Å²) in [4.78, 5) is 4.30. The van der Waals surface area contributed by atoms with Crippen LogP contribution in [-0.4, -0.2) is 27.4 Å². The maximum atomic E-state index is 4.30. The van der Waals surface area contributed by atoms with Gasteiger partial charge in [0.05, 0.1) is 0 Å². The van der Waals surface area contributed by atoms with Gasteiger partial charge in [0.25, 0.3) is 0 Å². The SMILES string of the molecule is CCC(C)NCC(C)Sc1nccn1C. The van der Waals surface area contributed by atoms with Crippen molar-refractivity contribution >= 4 is 11.8 Å². The molecule has 0 saturated heterocycles. The molecular weight excluding hydrogens is 206 g/mol. The van der Waals surface area contributed by atoms with Gasteiger partial charge in [0.2, 0.25) is 0 Å². The van der Waals surface area contributed by atoms with E-state index in [2.05, 4.69) is 35.6 Å². The number of nitrogens with zero attached hydrogens (tertiary/aromatic N) is 2. The van der Waals surface area contributed by atoms with E-state index in [1.807, 2.05) is 31.2 Å². The van der Waals surface area contributed by atoms with Gasteiger partial charge in [0.1, 0.15) is 0 Å². The molecule has 1 aromatic heterocycles. The van der Waals surface area contributed by atoms with Crippen molar-refractivity contribution in [2.75, 3.05) is 6.54 Å². The Morgan fingerprint density at radius 2 is 2.27 bits per heavy atom. The summed E-state index contributed by atoms with van der Waals surface area (Å²) < 4.78 is 2.06. The number of aromatic nitrogens is 2. The van der Waals surface area contributed by atoms with E-state index in [1.165, 1.54) is 6.42 Å². The second-order valence-corrected chi connectivity index (χ2v) is 5.37. The summed E-state index contributed by atoms with van der Waals surface area (Å²) >= 11 is 1.82. The molecule has 2 unspecified atom stereocenters. The molecule has 0 saturated carbocycles. The van der Waals surface area contributed by atoms with Gasteiger partial charge in [0.15, 0.2) is 5.16 Å². The summed E-state index contributed by atoms with van der Waals surface area (Å²) in [6.07, 6.45) is 5.01. The fourth-order valence-electron chi connectivity index (χ4n) is 1.20. The van der Waals surface area contributed by atoms with Gasteiger partial charge in [-0.1, -0.05) is 25.6 Å². The molecule has 86 valence electrons. The highest BCUT2D eigenvalue weighted by atomic mass is 32.2. The van der Waals surface area contributed by atoms with Crippen molar-refractivity contribution in [1.29, 1.82) is 0 Å². The lowest BCUT2D eigenvalue weighted by molar-refractivity contribution is 0.536. The Balaban J connectivity index is 2.30. The summed E-state index contributed by atoms with van der Waals surface area (Å²) in [6.45, 7) is 7.69. The quantitative estimate of drug-likeness (QED) is 0.756. The summed E-state index contributed by atoms with van der Waals surface area (Å²) in [5.41, 5.74) is 0. The van der Waals surface area contributed by atoms with Crippen LogP contribution in [0, 0.1) is 0 Å². The molecule has 0 aliphatic rings. The zero-order chi connectivity index (χ0) is 11.3. The van der Waals surface area contributed by atoms with Gasteiger partial charge in [-0.05, 0) is 13.3 Å². The van der Waals surface area contributed by atoms with Crippen molar-refractivity contribution in [3.05, 3.63) is 12.4 Å². The minimum absolute atomic E-state index is 0.556. The van der Waals surface area contributed by atoms with Crippen molar-refractivity contribution < 1.29 is 0 Å². The Morgan fingerprint density at radius 1 is 1.53 bits per heavy atom. The summed E-state index contributed by atoms with van der Waals surface area (Å²) in [5, 5.41) is 5.15. The fraction of sp³-hybridized carbons (Fsp3) is 0.727. The largest absolute Gasteiger partial charge is 0.329 e. The lowest BCUT2D eigenvalue weighted by Gasteiger charge is -2.15. The van der Waals surface area contributed by atoms with Gasteiger partial charge in [-0.2, -0.15) is 0 Å². The minimum Gasteiger partial charge on any atom is -0.329 e. The van der Waals surface area contributed by atoms with Crippen molar-refractivity contribution in [1.82, 2.24) is 14.9 Å². The van der Waals surface area contributed by atoms with E-state index in [9.17, 15) is 0 Å². The van der Waals surface area contributed by atoms with Crippen molar-refractivity contribution in [2.24, 2.45) is 7.05 Å². The average molecular weight is 227 g/mol. The van der Waals surface area contributed by atoms with Gasteiger partial charge >= 0.3 is 0 Å². The molecule has 1 N–H and O–H groups in total. The van der Waals surface area contributed by atoms with Gasteiger partial charge in [-0.25, -0.2) is 4.98 Å². The first-order chi connectivity index (χ1) is 7.13. The summed E-state index contributed by atoms with van der Waals surface area (Å²) in [6, 6.07) is 0.606. The highest BCUT2D eigenvalue weighted by molar-refractivity contribution is 7.99. The molecule has 0 aliphatic heterocycles. The summed E-state index contributed by atoms with van der Waals surface area (Å²) in [7, 11) is 2.03. The van der Waals surface area contributed by atoms with E-state index in [1.54, 1.807) is 0 Å². The Morgan fingerprint density at radius 3 is 2.80 bits per heavy atom. The molecule has 0 aromatic carbocycles. The van der Waals surface area contributed by atoms with Gasteiger partial charge in [-0.15, -0.1) is 0 Å².